The van der Waals surface area contributed by atoms with E-state index in [-0.39, 0.29) is 61.6 Å². The lowest BCUT2D eigenvalue weighted by Crippen LogP contribution is -2.64. The van der Waals surface area contributed by atoms with E-state index >= 15 is 0 Å². The van der Waals surface area contributed by atoms with Crippen LogP contribution in [0.2, 0.25) is 0 Å². The monoisotopic (exact) mass is 945 g/mol. The summed E-state index contributed by atoms with van der Waals surface area (Å²) in [6.07, 6.45) is -9.67. The quantitative estimate of drug-likeness (QED) is 0.0533. The molecule has 4 saturated carbocycles. The van der Waals surface area contributed by atoms with E-state index in [4.69, 9.17) is 27.3 Å². The van der Waals surface area contributed by atoms with Crippen molar-refractivity contribution in [1.29, 1.82) is 0 Å². The molecule has 5 fully saturated rings. The Kier molecular flexibility index (Phi) is 15.2. The fraction of sp³-hybridized carbons (Fsp3) is 0.714. The molecule has 5 aliphatic rings. The number of carbonyl (C=O) groups is 4. The predicted octanol–water partition coefficient (Wildman–Crippen LogP) is 3.06. The standard InChI is InChI=1S/C42H59NO19S2/c1-22(2)17-34(47)60-37-36(62-64(54,55)56)35(61-63(51,52)53)30(21-57-33(46)12-11-32(45)43-16-14-24-5-8-26(44)9-6-24)59-40(37)58-27-18-28(39(49)50)29-13-15-42-19-25(23(3)38(42)48)7-10-31(42)41(29,4)20-27/h5-6,8-9,22,25,27-31,35-38,40,44,48H,3,7,10-21H2,1-2,4H3,(H,43,45)(H,49,50)(H,51,52,53)(H,54,55,56)/t25?,27?,28?,29?,30-,31?,35+,36?,37?,38-,40?,41?,42?/m0/s1. The Morgan fingerprint density at radius 2 is 1.61 bits per heavy atom. The van der Waals surface area contributed by atoms with Crippen molar-refractivity contribution in [3.63, 3.8) is 0 Å². The number of carboxylic acids is 1. The molecule has 0 radical (unpaired) electrons. The van der Waals surface area contributed by atoms with Gasteiger partial charge in [0, 0.05) is 24.8 Å². The van der Waals surface area contributed by atoms with E-state index in [9.17, 15) is 60.4 Å². The molecular formula is C42H59NO19S2. The minimum atomic E-state index is -5.57. The Balaban J connectivity index is 1.26. The van der Waals surface area contributed by atoms with E-state index in [0.29, 0.717) is 32.1 Å². The van der Waals surface area contributed by atoms with E-state index in [2.05, 4.69) is 11.9 Å². The fourth-order valence-corrected chi connectivity index (χ4v) is 12.4. The number of esters is 2. The van der Waals surface area contributed by atoms with E-state index in [0.717, 1.165) is 17.6 Å². The zero-order valence-corrected chi connectivity index (χ0v) is 37.5. The number of carbonyl (C=O) groups excluding carboxylic acids is 3. The number of hydrogen-bond donors (Lipinski definition) is 6. The Morgan fingerprint density at radius 1 is 0.938 bits per heavy atom. The van der Waals surface area contributed by atoms with Crippen molar-refractivity contribution in [2.24, 2.45) is 40.4 Å². The number of phenols is 1. The molecule has 1 amide bonds. The van der Waals surface area contributed by atoms with E-state index < -0.39 is 117 Å². The summed E-state index contributed by atoms with van der Waals surface area (Å²) in [5.41, 5.74) is 0.321. The van der Waals surface area contributed by atoms with Gasteiger partial charge in [0.2, 0.25) is 5.91 Å². The highest BCUT2D eigenvalue weighted by atomic mass is 32.3. The van der Waals surface area contributed by atoms with Gasteiger partial charge in [0.05, 0.1) is 24.5 Å². The van der Waals surface area contributed by atoms with Gasteiger partial charge in [-0.15, -0.1) is 0 Å². The van der Waals surface area contributed by atoms with Crippen LogP contribution in [0.25, 0.3) is 0 Å². The van der Waals surface area contributed by atoms with Gasteiger partial charge in [-0.3, -0.25) is 28.3 Å². The van der Waals surface area contributed by atoms with E-state index in [1.54, 1.807) is 26.0 Å². The molecule has 1 aromatic rings. The first-order valence-corrected chi connectivity index (χ1v) is 24.2. The molecule has 1 spiro atoms. The predicted molar refractivity (Wildman–Crippen MR) is 220 cm³/mol. The van der Waals surface area contributed by atoms with Crippen LogP contribution in [-0.4, -0.2) is 121 Å². The number of benzene rings is 1. The third-order valence-corrected chi connectivity index (χ3v) is 14.9. The summed E-state index contributed by atoms with van der Waals surface area (Å²) < 4.78 is 102. The maximum Gasteiger partial charge on any atom is 0.397 e. The Morgan fingerprint density at radius 3 is 2.25 bits per heavy atom. The molecule has 2 bridgehead atoms. The Hall–Kier alpha value is -3.74. The maximum atomic E-state index is 13.3. The average Bonchev–Trinajstić information content (AvgIpc) is 3.36. The van der Waals surface area contributed by atoms with Crippen LogP contribution < -0.4 is 5.32 Å². The Bertz CT molecular complexity index is 2130. The first-order chi connectivity index (χ1) is 29.9. The number of aliphatic carboxylic acids is 1. The summed E-state index contributed by atoms with van der Waals surface area (Å²) >= 11 is 0. The van der Waals surface area contributed by atoms with Gasteiger partial charge in [0.25, 0.3) is 0 Å². The second kappa shape index (κ2) is 19.6. The lowest BCUT2D eigenvalue weighted by Gasteiger charge is -2.62. The molecule has 22 heteroatoms. The van der Waals surface area contributed by atoms with Gasteiger partial charge >= 0.3 is 38.7 Å². The number of nitrogens with one attached hydrogen (secondary N) is 1. The number of rotatable bonds is 18. The van der Waals surface area contributed by atoms with Crippen LogP contribution in [0.5, 0.6) is 5.75 Å². The van der Waals surface area contributed by atoms with Crippen molar-refractivity contribution in [3.8, 4) is 5.75 Å². The van der Waals surface area contributed by atoms with Crippen molar-refractivity contribution in [2.45, 2.75) is 134 Å². The van der Waals surface area contributed by atoms with Gasteiger partial charge in [-0.2, -0.15) is 16.8 Å². The van der Waals surface area contributed by atoms with Crippen LogP contribution in [0.1, 0.15) is 90.5 Å². The molecule has 1 aromatic carbocycles. The highest BCUT2D eigenvalue weighted by Crippen LogP contribution is 2.70. The molecule has 358 valence electrons. The van der Waals surface area contributed by atoms with Gasteiger partial charge in [-0.25, -0.2) is 8.37 Å². The zero-order valence-electron chi connectivity index (χ0n) is 35.9. The van der Waals surface area contributed by atoms with Gasteiger partial charge in [0.15, 0.2) is 18.5 Å². The normalized spacial score (nSPS) is 34.9. The second-order valence-corrected chi connectivity index (χ2v) is 20.7. The van der Waals surface area contributed by atoms with Crippen molar-refractivity contribution < 1.29 is 87.8 Å². The van der Waals surface area contributed by atoms with Crippen LogP contribution in [0, 0.1) is 40.4 Å². The first-order valence-electron chi connectivity index (χ1n) is 21.5. The van der Waals surface area contributed by atoms with Crippen molar-refractivity contribution in [2.75, 3.05) is 13.2 Å². The number of ether oxygens (including phenoxy) is 4. The first kappa shape index (κ1) is 49.7. The maximum absolute atomic E-state index is 13.3. The van der Waals surface area contributed by atoms with Gasteiger partial charge in [-0.05, 0) is 104 Å². The molecule has 6 N–H and O–H groups in total. The number of carboxylic acid groups (broad SMARTS) is 1. The summed E-state index contributed by atoms with van der Waals surface area (Å²) in [5.74, 6) is -5.15. The van der Waals surface area contributed by atoms with Crippen LogP contribution in [-0.2, 0) is 73.7 Å². The minimum Gasteiger partial charge on any atom is -0.508 e. The molecule has 1 heterocycles. The summed E-state index contributed by atoms with van der Waals surface area (Å²) in [4.78, 5) is 51.8. The third kappa shape index (κ3) is 11.4. The molecule has 4 aliphatic carbocycles. The number of amides is 1. The third-order valence-electron chi connectivity index (χ3n) is 14.0. The van der Waals surface area contributed by atoms with E-state index in [1.807, 2.05) is 6.92 Å². The SMILES string of the molecule is C=C1C2CCC3C4(C)CC(OC5O[C@@H](COC(=O)CCC(=O)NCCc6ccc(O)cc6)[C@@H](OS(=O)(=O)O)C(OS(=O)(=O)O)C5OC(=O)CC(C)C)CC(C(=O)O)C4CCC3(C2)[C@H]1O. The lowest BCUT2D eigenvalue weighted by molar-refractivity contribution is -0.316. The van der Waals surface area contributed by atoms with Crippen LogP contribution >= 0.6 is 0 Å². The average molecular weight is 946 g/mol. The second-order valence-electron chi connectivity index (χ2n) is 18.6. The van der Waals surface area contributed by atoms with Crippen molar-refractivity contribution in [3.05, 3.63) is 42.0 Å². The molecule has 64 heavy (non-hydrogen) atoms. The summed E-state index contributed by atoms with van der Waals surface area (Å²) in [6.45, 7) is 8.76. The van der Waals surface area contributed by atoms with E-state index in [1.165, 1.54) is 12.1 Å². The summed E-state index contributed by atoms with van der Waals surface area (Å²) in [6, 6.07) is 6.34. The minimum absolute atomic E-state index is 0.0814. The largest absolute Gasteiger partial charge is 0.508 e. The molecule has 1 aliphatic heterocycles. The molecular weight excluding hydrogens is 887 g/mol. The smallest absolute Gasteiger partial charge is 0.397 e. The van der Waals surface area contributed by atoms with Crippen molar-refractivity contribution in [1.82, 2.24) is 5.32 Å². The van der Waals surface area contributed by atoms with Gasteiger partial charge in [-0.1, -0.05) is 39.5 Å². The number of phenolic OH excluding ortho intramolecular Hbond substituents is 1. The Labute approximate surface area is 372 Å². The highest BCUT2D eigenvalue weighted by Gasteiger charge is 2.67. The molecule has 10 unspecified atom stereocenters. The summed E-state index contributed by atoms with van der Waals surface area (Å²) in [5, 5.41) is 34.3. The molecule has 1 saturated heterocycles. The highest BCUT2D eigenvalue weighted by molar-refractivity contribution is 7.81. The molecule has 13 atom stereocenters. The number of hydrogen-bond acceptors (Lipinski definition) is 16. The topological polar surface area (TPSA) is 305 Å². The van der Waals surface area contributed by atoms with Gasteiger partial charge in [0.1, 0.15) is 24.6 Å². The van der Waals surface area contributed by atoms with Crippen LogP contribution in [0.15, 0.2) is 36.4 Å². The molecule has 6 rings (SSSR count). The van der Waals surface area contributed by atoms with Crippen LogP contribution in [0.3, 0.4) is 0 Å². The number of aromatic hydroxyl groups is 1. The lowest BCUT2D eigenvalue weighted by atomic mass is 9.43. The molecule has 0 aromatic heterocycles. The zero-order chi connectivity index (χ0) is 46.9. The van der Waals surface area contributed by atoms with Crippen molar-refractivity contribution >= 4 is 44.6 Å². The summed E-state index contributed by atoms with van der Waals surface area (Å²) in [7, 11) is -11.1. The number of aliphatic hydroxyl groups excluding tert-OH is 1. The molecule has 20 nitrogen and oxygen atoms in total. The fourth-order valence-electron chi connectivity index (χ4n) is 11.4. The number of aliphatic hydroxyl groups is 1. The number of fused-ring (bicyclic) bond motifs is 3. The van der Waals surface area contributed by atoms with Crippen LogP contribution in [0.4, 0.5) is 0 Å². The van der Waals surface area contributed by atoms with Gasteiger partial charge < -0.3 is 39.6 Å².